The molecule has 5 heteroatoms. The minimum atomic E-state index is 0.0952. The average Bonchev–Trinajstić information content (AvgIpc) is 2.96. The Labute approximate surface area is 161 Å². The highest BCUT2D eigenvalue weighted by Gasteiger charge is 2.61. The molecule has 1 aliphatic carbocycles. The lowest BCUT2D eigenvalue weighted by atomic mass is 10.1. The van der Waals surface area contributed by atoms with Gasteiger partial charge in [0.05, 0.1) is 5.92 Å². The van der Waals surface area contributed by atoms with Gasteiger partial charge in [-0.25, -0.2) is 0 Å². The quantitative estimate of drug-likeness (QED) is 0.763. The average molecular weight is 370 g/mol. The van der Waals surface area contributed by atoms with Crippen molar-refractivity contribution in [2.45, 2.75) is 34.2 Å². The minimum absolute atomic E-state index is 0.0952. The first-order chi connectivity index (χ1) is 12.9. The van der Waals surface area contributed by atoms with Gasteiger partial charge in [-0.1, -0.05) is 31.6 Å². The first-order valence-corrected chi connectivity index (χ1v) is 9.91. The second-order valence-electron chi connectivity index (χ2n) is 8.86. The molecule has 1 aromatic rings. The van der Waals surface area contributed by atoms with E-state index in [0.29, 0.717) is 18.6 Å². The number of carbonyl (C=O) groups is 1. The number of hydrogen-bond acceptors (Lipinski definition) is 4. The predicted octanol–water partition coefficient (Wildman–Crippen LogP) is 3.30. The SMILES string of the molecule is CC(C)=C[C@@H]1[C@@H](C(=O)N2CCN(Cc3ccc4c(c3)OCO4)CC2)C1(C)C. The van der Waals surface area contributed by atoms with Crippen LogP contribution in [0.1, 0.15) is 33.3 Å². The van der Waals surface area contributed by atoms with Crippen molar-refractivity contribution in [3.05, 3.63) is 35.4 Å². The van der Waals surface area contributed by atoms with E-state index >= 15 is 0 Å². The first-order valence-electron chi connectivity index (χ1n) is 9.91. The molecule has 27 heavy (non-hydrogen) atoms. The summed E-state index contributed by atoms with van der Waals surface area (Å²) in [6, 6.07) is 6.15. The maximum atomic E-state index is 13.0. The Kier molecular flexibility index (Phi) is 4.66. The zero-order valence-corrected chi connectivity index (χ0v) is 16.8. The van der Waals surface area contributed by atoms with Crippen LogP contribution in [0.3, 0.4) is 0 Å². The minimum Gasteiger partial charge on any atom is -0.454 e. The van der Waals surface area contributed by atoms with Crippen molar-refractivity contribution in [1.82, 2.24) is 9.80 Å². The molecule has 0 radical (unpaired) electrons. The molecule has 0 spiro atoms. The molecule has 0 bridgehead atoms. The molecule has 5 nitrogen and oxygen atoms in total. The summed E-state index contributed by atoms with van der Waals surface area (Å²) in [5.74, 6) is 2.54. The number of ether oxygens (including phenoxy) is 2. The van der Waals surface area contributed by atoms with Crippen molar-refractivity contribution in [3.63, 3.8) is 0 Å². The summed E-state index contributed by atoms with van der Waals surface area (Å²) in [6.45, 7) is 13.3. The van der Waals surface area contributed by atoms with Gasteiger partial charge in [0, 0.05) is 32.7 Å². The number of piperazine rings is 1. The van der Waals surface area contributed by atoms with E-state index in [1.807, 2.05) is 6.07 Å². The van der Waals surface area contributed by atoms with E-state index in [4.69, 9.17) is 9.47 Å². The Bertz CT molecular complexity index is 759. The summed E-state index contributed by atoms with van der Waals surface area (Å²) >= 11 is 0. The van der Waals surface area contributed by atoms with Crippen molar-refractivity contribution in [1.29, 1.82) is 0 Å². The van der Waals surface area contributed by atoms with Gasteiger partial charge in [-0.05, 0) is 42.9 Å². The van der Waals surface area contributed by atoms with Crippen LogP contribution in [0.4, 0.5) is 0 Å². The molecular weight excluding hydrogens is 340 g/mol. The van der Waals surface area contributed by atoms with Crippen LogP contribution in [0.25, 0.3) is 0 Å². The van der Waals surface area contributed by atoms with Crippen LogP contribution in [-0.4, -0.2) is 48.7 Å². The van der Waals surface area contributed by atoms with Gasteiger partial charge >= 0.3 is 0 Å². The molecule has 1 aromatic carbocycles. The van der Waals surface area contributed by atoms with Crippen LogP contribution >= 0.6 is 0 Å². The van der Waals surface area contributed by atoms with Gasteiger partial charge in [0.25, 0.3) is 0 Å². The van der Waals surface area contributed by atoms with Gasteiger partial charge in [-0.15, -0.1) is 0 Å². The van der Waals surface area contributed by atoms with Gasteiger partial charge in [-0.3, -0.25) is 9.69 Å². The molecule has 0 unspecified atom stereocenters. The lowest BCUT2D eigenvalue weighted by Gasteiger charge is -2.35. The highest BCUT2D eigenvalue weighted by Crippen LogP contribution is 2.60. The molecule has 2 fully saturated rings. The molecule has 146 valence electrons. The second-order valence-corrected chi connectivity index (χ2v) is 8.86. The van der Waals surface area contributed by atoms with E-state index in [1.165, 1.54) is 11.1 Å². The molecule has 4 rings (SSSR count). The molecule has 0 aromatic heterocycles. The largest absolute Gasteiger partial charge is 0.454 e. The summed E-state index contributed by atoms with van der Waals surface area (Å²) in [6.07, 6.45) is 2.28. The number of hydrogen-bond donors (Lipinski definition) is 0. The van der Waals surface area contributed by atoms with E-state index in [-0.39, 0.29) is 11.3 Å². The fourth-order valence-electron chi connectivity index (χ4n) is 4.44. The summed E-state index contributed by atoms with van der Waals surface area (Å²) < 4.78 is 10.8. The van der Waals surface area contributed by atoms with E-state index in [2.05, 4.69) is 55.7 Å². The number of rotatable bonds is 4. The Hall–Kier alpha value is -2.01. The molecule has 0 N–H and O–H groups in total. The molecular formula is C22H30N2O3. The number of amides is 1. The number of carbonyl (C=O) groups excluding carboxylic acids is 1. The molecule has 3 aliphatic rings. The molecule has 1 saturated heterocycles. The fraction of sp³-hybridized carbons (Fsp3) is 0.591. The first kappa shape index (κ1) is 18.4. The van der Waals surface area contributed by atoms with E-state index in [9.17, 15) is 4.79 Å². The maximum absolute atomic E-state index is 13.0. The molecule has 2 atom stereocenters. The topological polar surface area (TPSA) is 42.0 Å². The van der Waals surface area contributed by atoms with Gasteiger partial charge in [0.1, 0.15) is 0 Å². The number of allylic oxidation sites excluding steroid dienone is 2. The third kappa shape index (κ3) is 3.57. The molecule has 1 amide bonds. The highest BCUT2D eigenvalue weighted by molar-refractivity contribution is 5.84. The number of benzene rings is 1. The Morgan fingerprint density at radius 2 is 1.85 bits per heavy atom. The zero-order chi connectivity index (χ0) is 19.2. The lowest BCUT2D eigenvalue weighted by molar-refractivity contribution is -0.135. The summed E-state index contributed by atoms with van der Waals surface area (Å²) in [7, 11) is 0. The zero-order valence-electron chi connectivity index (χ0n) is 16.8. The van der Waals surface area contributed by atoms with E-state index in [1.54, 1.807) is 0 Å². The molecule has 2 heterocycles. The molecule has 2 aliphatic heterocycles. The monoisotopic (exact) mass is 370 g/mol. The van der Waals surface area contributed by atoms with Gasteiger partial charge in [0.2, 0.25) is 12.7 Å². The van der Waals surface area contributed by atoms with Crippen LogP contribution in [0.15, 0.2) is 29.8 Å². The van der Waals surface area contributed by atoms with E-state index in [0.717, 1.165) is 44.2 Å². The third-order valence-corrected chi connectivity index (χ3v) is 6.22. The van der Waals surface area contributed by atoms with Crippen LogP contribution in [0, 0.1) is 17.3 Å². The normalized spacial score (nSPS) is 26.0. The smallest absolute Gasteiger partial charge is 0.231 e. The summed E-state index contributed by atoms with van der Waals surface area (Å²) in [5, 5.41) is 0. The summed E-state index contributed by atoms with van der Waals surface area (Å²) in [5.41, 5.74) is 2.63. The lowest BCUT2D eigenvalue weighted by Crippen LogP contribution is -2.49. The Balaban J connectivity index is 1.31. The fourth-order valence-corrected chi connectivity index (χ4v) is 4.44. The molecule has 1 saturated carbocycles. The van der Waals surface area contributed by atoms with E-state index < -0.39 is 0 Å². The van der Waals surface area contributed by atoms with Crippen LogP contribution < -0.4 is 9.47 Å². The maximum Gasteiger partial charge on any atom is 0.231 e. The van der Waals surface area contributed by atoms with Crippen LogP contribution in [0.5, 0.6) is 11.5 Å². The predicted molar refractivity (Wildman–Crippen MR) is 105 cm³/mol. The number of nitrogens with zero attached hydrogens (tertiary/aromatic N) is 2. The van der Waals surface area contributed by atoms with Gasteiger partial charge in [0.15, 0.2) is 11.5 Å². The van der Waals surface area contributed by atoms with Crippen molar-refractivity contribution < 1.29 is 14.3 Å². The third-order valence-electron chi connectivity index (χ3n) is 6.22. The van der Waals surface area contributed by atoms with Crippen LogP contribution in [0.2, 0.25) is 0 Å². The highest BCUT2D eigenvalue weighted by atomic mass is 16.7. The van der Waals surface area contributed by atoms with Crippen molar-refractivity contribution >= 4 is 5.91 Å². The van der Waals surface area contributed by atoms with Crippen molar-refractivity contribution in [3.8, 4) is 11.5 Å². The number of fused-ring (bicyclic) bond motifs is 1. The van der Waals surface area contributed by atoms with Gasteiger partial charge < -0.3 is 14.4 Å². The van der Waals surface area contributed by atoms with Crippen molar-refractivity contribution in [2.24, 2.45) is 17.3 Å². The second kappa shape index (κ2) is 6.86. The van der Waals surface area contributed by atoms with Crippen LogP contribution in [-0.2, 0) is 11.3 Å². The Morgan fingerprint density at radius 3 is 2.56 bits per heavy atom. The van der Waals surface area contributed by atoms with Crippen molar-refractivity contribution in [2.75, 3.05) is 33.0 Å². The Morgan fingerprint density at radius 1 is 1.15 bits per heavy atom. The standard InChI is InChI=1S/C22H30N2O3/c1-15(2)11-17-20(22(17,3)4)21(25)24-9-7-23(8-10-24)13-16-5-6-18-19(12-16)27-14-26-18/h5-6,11-12,17,20H,7-10,13-14H2,1-4H3/t17-,20+/m1/s1. The van der Waals surface area contributed by atoms with Gasteiger partial charge in [-0.2, -0.15) is 0 Å². The summed E-state index contributed by atoms with van der Waals surface area (Å²) in [4.78, 5) is 17.5.